The van der Waals surface area contributed by atoms with E-state index >= 15 is 0 Å². The molecule has 0 aliphatic heterocycles. The van der Waals surface area contributed by atoms with E-state index in [2.05, 4.69) is 204 Å². The Morgan fingerprint density at radius 2 is 1.00 bits per heavy atom. The quantitative estimate of drug-likeness (QED) is 0.174. The monoisotopic (exact) mass is 692 g/mol. The molecule has 2 heterocycles. The van der Waals surface area contributed by atoms with Crippen LogP contribution in [0.3, 0.4) is 0 Å². The maximum atomic E-state index is 2.44. The van der Waals surface area contributed by atoms with Gasteiger partial charge in [-0.25, -0.2) is 0 Å². The number of anilines is 3. The van der Waals surface area contributed by atoms with Crippen LogP contribution in [-0.4, -0.2) is 4.57 Å². The van der Waals surface area contributed by atoms with Gasteiger partial charge in [-0.1, -0.05) is 140 Å². The van der Waals surface area contributed by atoms with Gasteiger partial charge < -0.3 is 9.47 Å². The summed E-state index contributed by atoms with van der Waals surface area (Å²) in [4.78, 5) is 2.41. The number of fused-ring (bicyclic) bond motifs is 9. The van der Waals surface area contributed by atoms with Crippen LogP contribution in [0.4, 0.5) is 17.1 Å². The van der Waals surface area contributed by atoms with Crippen molar-refractivity contribution < 1.29 is 0 Å². The lowest BCUT2D eigenvalue weighted by molar-refractivity contribution is 1.19. The van der Waals surface area contributed by atoms with Gasteiger partial charge in [0.05, 0.1) is 16.7 Å². The van der Waals surface area contributed by atoms with Crippen molar-refractivity contribution in [1.82, 2.24) is 4.57 Å². The zero-order valence-corrected chi connectivity index (χ0v) is 29.6. The maximum Gasteiger partial charge on any atom is 0.0619 e. The summed E-state index contributed by atoms with van der Waals surface area (Å²) in [5.41, 5.74) is 9.43. The molecule has 0 spiro atoms. The van der Waals surface area contributed by atoms with Crippen molar-refractivity contribution in [3.63, 3.8) is 0 Å². The van der Waals surface area contributed by atoms with Crippen LogP contribution in [0.5, 0.6) is 0 Å². The predicted octanol–water partition coefficient (Wildman–Crippen LogP) is 14.6. The van der Waals surface area contributed by atoms with Crippen molar-refractivity contribution in [2.24, 2.45) is 0 Å². The third kappa shape index (κ3) is 4.78. The molecule has 3 heteroatoms. The first kappa shape index (κ1) is 30.0. The molecule has 11 aromatic rings. The fourth-order valence-electron chi connectivity index (χ4n) is 8.29. The molecule has 0 aliphatic rings. The lowest BCUT2D eigenvalue weighted by Crippen LogP contribution is -2.10. The number of thiophene rings is 1. The lowest BCUT2D eigenvalue weighted by Gasteiger charge is -2.27. The third-order valence-electron chi connectivity index (χ3n) is 10.8. The van der Waals surface area contributed by atoms with Crippen molar-refractivity contribution in [3.05, 3.63) is 194 Å². The first-order valence-electron chi connectivity index (χ1n) is 18.1. The standard InChI is InChI=1S/C50H32N2S/c1-2-14-37(15-3-1)52-47-31-36(24-28-42(47)45-29-23-35-12-5-7-17-41(35)50(45)52)33-21-25-38(26-22-33)51(46-19-10-13-34-11-4-6-16-40(34)46)39-27-30-44-43-18-8-9-20-48(43)53-49(44)32-39/h1-32H. The summed E-state index contributed by atoms with van der Waals surface area (Å²) in [6, 6.07) is 71.0. The van der Waals surface area contributed by atoms with Crippen LogP contribution in [0.15, 0.2) is 194 Å². The molecule has 0 saturated heterocycles. The Morgan fingerprint density at radius 3 is 1.85 bits per heavy atom. The fourth-order valence-corrected chi connectivity index (χ4v) is 9.43. The van der Waals surface area contributed by atoms with Gasteiger partial charge in [0.2, 0.25) is 0 Å². The van der Waals surface area contributed by atoms with Gasteiger partial charge in [0.1, 0.15) is 0 Å². The molecular weight excluding hydrogens is 661 g/mol. The number of hydrogen-bond donors (Lipinski definition) is 0. The summed E-state index contributed by atoms with van der Waals surface area (Å²) in [5.74, 6) is 0. The van der Waals surface area contributed by atoms with Crippen LogP contribution < -0.4 is 4.90 Å². The fraction of sp³-hybridized carbons (Fsp3) is 0. The smallest absolute Gasteiger partial charge is 0.0619 e. The summed E-state index contributed by atoms with van der Waals surface area (Å²) >= 11 is 1.86. The van der Waals surface area contributed by atoms with E-state index in [0.29, 0.717) is 0 Å². The Hall–Kier alpha value is -6.68. The topological polar surface area (TPSA) is 8.17 Å². The van der Waals surface area contributed by atoms with Crippen LogP contribution in [0.25, 0.3) is 80.3 Å². The highest BCUT2D eigenvalue weighted by molar-refractivity contribution is 7.25. The van der Waals surface area contributed by atoms with E-state index in [1.807, 2.05) is 11.3 Å². The van der Waals surface area contributed by atoms with Gasteiger partial charge in [-0.05, 0) is 76.5 Å². The van der Waals surface area contributed by atoms with Crippen molar-refractivity contribution in [1.29, 1.82) is 0 Å². The minimum absolute atomic E-state index is 1.12. The molecule has 0 unspecified atom stereocenters. The minimum Gasteiger partial charge on any atom is -0.310 e. The van der Waals surface area contributed by atoms with E-state index in [4.69, 9.17) is 0 Å². The zero-order chi connectivity index (χ0) is 34.9. The van der Waals surface area contributed by atoms with E-state index in [0.717, 1.165) is 22.7 Å². The summed E-state index contributed by atoms with van der Waals surface area (Å²) in [6.45, 7) is 0. The maximum absolute atomic E-state index is 2.44. The van der Waals surface area contributed by atoms with Gasteiger partial charge in [-0.2, -0.15) is 0 Å². The SMILES string of the molecule is c1ccc(-n2c3cc(-c4ccc(N(c5ccc6c(c5)sc5ccccc56)c5cccc6ccccc56)cc4)ccc3c3ccc4ccccc4c32)cc1. The number of rotatable bonds is 5. The Balaban J connectivity index is 1.07. The van der Waals surface area contributed by atoms with Crippen LogP contribution in [0.2, 0.25) is 0 Å². The molecule has 53 heavy (non-hydrogen) atoms. The van der Waals surface area contributed by atoms with Crippen molar-refractivity contribution in [2.75, 3.05) is 4.90 Å². The van der Waals surface area contributed by atoms with Gasteiger partial charge in [0.25, 0.3) is 0 Å². The highest BCUT2D eigenvalue weighted by Gasteiger charge is 2.19. The summed E-state index contributed by atoms with van der Waals surface area (Å²) in [7, 11) is 0. The average molecular weight is 693 g/mol. The average Bonchev–Trinajstić information content (AvgIpc) is 3.77. The molecule has 248 valence electrons. The van der Waals surface area contributed by atoms with Crippen LogP contribution in [-0.2, 0) is 0 Å². The van der Waals surface area contributed by atoms with Crippen molar-refractivity contribution in [3.8, 4) is 16.8 Å². The molecule has 0 atom stereocenters. The Morgan fingerprint density at radius 1 is 0.377 bits per heavy atom. The molecule has 0 saturated carbocycles. The van der Waals surface area contributed by atoms with Gasteiger partial charge in [0, 0.05) is 58.8 Å². The summed E-state index contributed by atoms with van der Waals surface area (Å²) in [6.07, 6.45) is 0. The number of hydrogen-bond acceptors (Lipinski definition) is 2. The molecule has 2 nitrogen and oxygen atoms in total. The van der Waals surface area contributed by atoms with Gasteiger partial charge in [-0.3, -0.25) is 0 Å². The lowest BCUT2D eigenvalue weighted by atomic mass is 10.0. The number of benzene rings is 9. The van der Waals surface area contributed by atoms with Crippen LogP contribution in [0.1, 0.15) is 0 Å². The molecule has 0 radical (unpaired) electrons. The number of para-hydroxylation sites is 1. The normalized spacial score (nSPS) is 11.8. The Bertz CT molecular complexity index is 3160. The van der Waals surface area contributed by atoms with E-state index in [9.17, 15) is 0 Å². The highest BCUT2D eigenvalue weighted by Crippen LogP contribution is 2.44. The molecule has 0 N–H and O–H groups in total. The minimum atomic E-state index is 1.12. The predicted molar refractivity (Wildman–Crippen MR) is 229 cm³/mol. The van der Waals surface area contributed by atoms with Crippen molar-refractivity contribution in [2.45, 2.75) is 0 Å². The Kier molecular flexibility index (Phi) is 6.76. The van der Waals surface area contributed by atoms with Gasteiger partial charge >= 0.3 is 0 Å². The second kappa shape index (κ2) is 11.9. The molecule has 0 amide bonds. The summed E-state index contributed by atoms with van der Waals surface area (Å²) in [5, 5.41) is 10.1. The highest BCUT2D eigenvalue weighted by atomic mass is 32.1. The molecule has 0 bridgehead atoms. The second-order valence-corrected chi connectivity index (χ2v) is 14.8. The molecular formula is C50H32N2S. The first-order chi connectivity index (χ1) is 26.3. The van der Waals surface area contributed by atoms with E-state index in [1.54, 1.807) is 0 Å². The first-order valence-corrected chi connectivity index (χ1v) is 18.9. The second-order valence-electron chi connectivity index (χ2n) is 13.7. The third-order valence-corrected chi connectivity index (χ3v) is 11.9. The van der Waals surface area contributed by atoms with Gasteiger partial charge in [-0.15, -0.1) is 11.3 Å². The largest absolute Gasteiger partial charge is 0.310 e. The Labute approximate surface area is 311 Å². The number of nitrogens with zero attached hydrogens (tertiary/aromatic N) is 2. The molecule has 2 aromatic heterocycles. The molecule has 0 aliphatic carbocycles. The van der Waals surface area contributed by atoms with Crippen LogP contribution >= 0.6 is 11.3 Å². The van der Waals surface area contributed by atoms with E-state index < -0.39 is 0 Å². The van der Waals surface area contributed by atoms with E-state index in [1.165, 1.54) is 74.6 Å². The molecule has 0 fully saturated rings. The molecule has 11 rings (SSSR count). The molecule has 9 aromatic carbocycles. The number of aromatic nitrogens is 1. The van der Waals surface area contributed by atoms with Gasteiger partial charge in [0.15, 0.2) is 0 Å². The van der Waals surface area contributed by atoms with Crippen molar-refractivity contribution >= 4 is 91.9 Å². The zero-order valence-electron chi connectivity index (χ0n) is 28.8. The summed E-state index contributed by atoms with van der Waals surface area (Å²) < 4.78 is 5.05. The van der Waals surface area contributed by atoms with E-state index in [-0.39, 0.29) is 0 Å². The van der Waals surface area contributed by atoms with Crippen LogP contribution in [0, 0.1) is 0 Å².